The highest BCUT2D eigenvalue weighted by molar-refractivity contribution is 14.1. The number of aliphatic hydroxyl groups is 1. The molecule has 1 heterocycles. The second-order valence-electron chi connectivity index (χ2n) is 15.1. The van der Waals surface area contributed by atoms with Crippen LogP contribution in [-0.4, -0.2) is 67.4 Å². The number of hydrazine groups is 1. The number of benzene rings is 2. The van der Waals surface area contributed by atoms with Crippen molar-refractivity contribution >= 4 is 40.7 Å². The van der Waals surface area contributed by atoms with Crippen molar-refractivity contribution in [3.8, 4) is 11.3 Å². The van der Waals surface area contributed by atoms with E-state index in [-0.39, 0.29) is 17.2 Å². The van der Waals surface area contributed by atoms with Crippen LogP contribution in [0.4, 0.5) is 27.2 Å². The second-order valence-corrected chi connectivity index (χ2v) is 16.4. The lowest BCUT2D eigenvalue weighted by atomic mass is 9.84. The summed E-state index contributed by atoms with van der Waals surface area (Å²) in [7, 11) is 0. The third-order valence-electron chi connectivity index (χ3n) is 8.56. The van der Waals surface area contributed by atoms with Crippen LogP contribution in [0.5, 0.6) is 0 Å². The Hall–Kier alpha value is -3.97. The molecular weight excluding hydrogens is 815 g/mol. The highest BCUT2D eigenvalue weighted by Gasteiger charge is 2.44. The maximum atomic E-state index is 15.7. The molecule has 4 atom stereocenters. The van der Waals surface area contributed by atoms with E-state index in [0.717, 1.165) is 26.9 Å². The van der Waals surface area contributed by atoms with Gasteiger partial charge in [0, 0.05) is 39.9 Å². The van der Waals surface area contributed by atoms with Crippen LogP contribution in [0.3, 0.4) is 0 Å². The Morgan fingerprint density at radius 3 is 2.11 bits per heavy atom. The van der Waals surface area contributed by atoms with Gasteiger partial charge in [0.25, 0.3) is 5.91 Å². The molecule has 0 saturated heterocycles. The first-order valence-electron chi connectivity index (χ1n) is 16.9. The molecule has 0 radical (unpaired) electrons. The van der Waals surface area contributed by atoms with Gasteiger partial charge in [-0.05, 0) is 103 Å². The predicted molar refractivity (Wildman–Crippen MR) is 195 cm³/mol. The van der Waals surface area contributed by atoms with Crippen LogP contribution in [0.15, 0.2) is 48.7 Å². The lowest BCUT2D eigenvalue weighted by Crippen LogP contribution is -2.58. The summed E-state index contributed by atoms with van der Waals surface area (Å²) in [6.07, 6.45) is -1.13. The number of aromatic nitrogens is 2. The van der Waals surface area contributed by atoms with Crippen molar-refractivity contribution in [1.29, 1.82) is 0 Å². The second kappa shape index (κ2) is 17.0. The quantitative estimate of drug-likeness (QED) is 0.0660. The number of aliphatic hydroxyl groups excluding tert-OH is 1. The van der Waals surface area contributed by atoms with Crippen molar-refractivity contribution < 1.29 is 46.9 Å². The van der Waals surface area contributed by atoms with Gasteiger partial charge < -0.3 is 25.6 Å². The number of nitrogens with one attached hydrogen (secondary N) is 3. The predicted octanol–water partition coefficient (Wildman–Crippen LogP) is 7.00. The van der Waals surface area contributed by atoms with E-state index < -0.39 is 90.1 Å². The normalized spacial score (nSPS) is 15.8. The summed E-state index contributed by atoms with van der Waals surface area (Å²) < 4.78 is 64.4. The van der Waals surface area contributed by atoms with E-state index in [1.54, 1.807) is 41.5 Å². The SMILES string of the molecule is CC(C)(C)OC(=O)NC(c1ccc(I)cc1)[C@H](C1CC1)[C@H](O)CN(Cc1c(F)cc(-c2ccn(C(F)F)n2)cc1F)NC(=O)C(NC(=O)O)C(C)(C)C. The van der Waals surface area contributed by atoms with Crippen molar-refractivity contribution in [1.82, 2.24) is 30.8 Å². The molecule has 0 aliphatic heterocycles. The molecule has 53 heavy (non-hydrogen) atoms. The first kappa shape index (κ1) is 41.8. The number of alkyl halides is 2. The lowest BCUT2D eigenvalue weighted by molar-refractivity contribution is -0.131. The standard InChI is InChI=1S/C36H45F4IN6O6/c1-35(2,3)30(43-33(50)51)31(49)45-46(17-23-24(37)15-21(16-25(23)38)26-13-14-47(44-26)32(39)40)18-27(48)28(19-7-8-19)29(20-9-11-22(41)12-10-20)42-34(52)53-36(4,5)6/h9-16,19,27-30,32,43,48H,7-8,17-18H2,1-6H3,(H,42,52)(H,45,49)(H,50,51)/t27-,28-,29?,30?/m1/s1. The van der Waals surface area contributed by atoms with Crippen LogP contribution in [0.1, 0.15) is 78.1 Å². The Labute approximate surface area is 318 Å². The van der Waals surface area contributed by atoms with Crippen molar-refractivity contribution in [2.75, 3.05) is 6.54 Å². The summed E-state index contributed by atoms with van der Waals surface area (Å²) in [6, 6.07) is 8.23. The summed E-state index contributed by atoms with van der Waals surface area (Å²) in [5, 5.41) is 31.3. The Balaban J connectivity index is 1.71. The van der Waals surface area contributed by atoms with E-state index in [1.807, 2.05) is 24.3 Å². The molecule has 0 bridgehead atoms. The minimum atomic E-state index is -2.96. The number of ether oxygens (including phenoxy) is 1. The van der Waals surface area contributed by atoms with E-state index in [2.05, 4.69) is 43.7 Å². The van der Waals surface area contributed by atoms with E-state index >= 15 is 8.78 Å². The Morgan fingerprint density at radius 2 is 1.62 bits per heavy atom. The van der Waals surface area contributed by atoms with Gasteiger partial charge >= 0.3 is 18.7 Å². The summed E-state index contributed by atoms with van der Waals surface area (Å²) in [4.78, 5) is 38.4. The lowest BCUT2D eigenvalue weighted by Gasteiger charge is -2.37. The highest BCUT2D eigenvalue weighted by Crippen LogP contribution is 2.45. The maximum Gasteiger partial charge on any atom is 0.408 e. The molecule has 5 N–H and O–H groups in total. The minimum absolute atomic E-state index is 0.0847. The van der Waals surface area contributed by atoms with Gasteiger partial charge in [0.05, 0.1) is 17.8 Å². The third-order valence-corrected chi connectivity index (χ3v) is 9.28. The summed E-state index contributed by atoms with van der Waals surface area (Å²) >= 11 is 2.14. The molecule has 12 nitrogen and oxygen atoms in total. The molecule has 17 heteroatoms. The zero-order chi connectivity index (χ0) is 39.4. The zero-order valence-electron chi connectivity index (χ0n) is 30.2. The van der Waals surface area contributed by atoms with Gasteiger partial charge in [0.2, 0.25) is 0 Å². The smallest absolute Gasteiger partial charge is 0.408 e. The van der Waals surface area contributed by atoms with Gasteiger partial charge in [-0.25, -0.2) is 28.1 Å². The number of carbonyl (C=O) groups excluding carboxylic acids is 2. The molecule has 1 fully saturated rings. The van der Waals surface area contributed by atoms with Crippen LogP contribution in [0.2, 0.25) is 0 Å². The summed E-state index contributed by atoms with van der Waals surface area (Å²) in [5.41, 5.74) is 0.714. The van der Waals surface area contributed by atoms with E-state index in [4.69, 9.17) is 4.74 Å². The van der Waals surface area contributed by atoms with Crippen molar-refractivity contribution in [2.24, 2.45) is 17.3 Å². The number of hydrogen-bond donors (Lipinski definition) is 5. The van der Waals surface area contributed by atoms with Gasteiger partial charge in [-0.1, -0.05) is 32.9 Å². The van der Waals surface area contributed by atoms with E-state index in [0.29, 0.717) is 23.1 Å². The molecule has 290 valence electrons. The fourth-order valence-electron chi connectivity index (χ4n) is 6.01. The van der Waals surface area contributed by atoms with Gasteiger partial charge in [0.1, 0.15) is 23.3 Å². The van der Waals surface area contributed by atoms with Crippen LogP contribution >= 0.6 is 22.6 Å². The van der Waals surface area contributed by atoms with Crippen molar-refractivity contribution in [3.63, 3.8) is 0 Å². The number of alkyl carbamates (subject to hydrolysis) is 1. The van der Waals surface area contributed by atoms with Crippen molar-refractivity contribution in [2.45, 2.75) is 91.3 Å². The molecule has 3 aromatic rings. The van der Waals surface area contributed by atoms with Crippen LogP contribution in [-0.2, 0) is 16.1 Å². The maximum absolute atomic E-state index is 15.7. The molecule has 1 aliphatic carbocycles. The van der Waals surface area contributed by atoms with Crippen LogP contribution in [0.25, 0.3) is 11.3 Å². The number of carbonyl (C=O) groups is 3. The number of halogens is 5. The molecule has 1 saturated carbocycles. The van der Waals surface area contributed by atoms with Crippen LogP contribution < -0.4 is 16.1 Å². The Morgan fingerprint density at radius 1 is 1.02 bits per heavy atom. The largest absolute Gasteiger partial charge is 0.465 e. The Bertz CT molecular complexity index is 1740. The molecule has 2 aromatic carbocycles. The van der Waals surface area contributed by atoms with Crippen molar-refractivity contribution in [3.05, 3.63) is 75.0 Å². The monoisotopic (exact) mass is 860 g/mol. The molecular formula is C36H45F4IN6O6. The number of amides is 3. The zero-order valence-corrected chi connectivity index (χ0v) is 32.3. The highest BCUT2D eigenvalue weighted by atomic mass is 127. The van der Waals surface area contributed by atoms with E-state index in [1.165, 1.54) is 6.07 Å². The molecule has 0 spiro atoms. The fourth-order valence-corrected chi connectivity index (χ4v) is 6.37. The van der Waals surface area contributed by atoms with Gasteiger partial charge in [0.15, 0.2) is 0 Å². The summed E-state index contributed by atoms with van der Waals surface area (Å²) in [6.45, 7) is 6.00. The molecule has 1 aromatic heterocycles. The van der Waals surface area contributed by atoms with Crippen LogP contribution in [0, 0.1) is 32.5 Å². The number of carboxylic acid groups (broad SMARTS) is 1. The van der Waals surface area contributed by atoms with Gasteiger partial charge in [-0.3, -0.25) is 10.2 Å². The van der Waals surface area contributed by atoms with Gasteiger partial charge in [-0.15, -0.1) is 0 Å². The molecule has 2 unspecified atom stereocenters. The topological polar surface area (TPSA) is 158 Å². The number of hydrogen-bond acceptors (Lipinski definition) is 7. The van der Waals surface area contributed by atoms with E-state index in [9.17, 15) is 33.4 Å². The molecule has 4 rings (SSSR count). The first-order valence-corrected chi connectivity index (χ1v) is 18.0. The third kappa shape index (κ3) is 11.8. The first-order chi connectivity index (χ1) is 24.6. The molecule has 3 amide bonds. The van der Waals surface area contributed by atoms with Gasteiger partial charge in [-0.2, -0.15) is 13.9 Å². The fraction of sp³-hybridized carbons (Fsp3) is 0.500. The summed E-state index contributed by atoms with van der Waals surface area (Å²) in [5.74, 6) is -3.78. The minimum Gasteiger partial charge on any atom is -0.465 e. The average Bonchev–Trinajstić information content (AvgIpc) is 3.72. The Kier molecular flexibility index (Phi) is 13.4. The molecule has 1 aliphatic rings. The number of rotatable bonds is 14. The number of nitrogens with zero attached hydrogens (tertiary/aromatic N) is 3. The average molecular weight is 861 g/mol.